The minimum Gasteiger partial charge on any atom is -0.405 e. The van der Waals surface area contributed by atoms with Crippen molar-refractivity contribution in [3.63, 3.8) is 0 Å². The van der Waals surface area contributed by atoms with E-state index in [0.717, 1.165) is 47.9 Å². The summed E-state index contributed by atoms with van der Waals surface area (Å²) in [4.78, 5) is 0. The number of benzene rings is 3. The topological polar surface area (TPSA) is 9.23 Å². The van der Waals surface area contributed by atoms with Crippen molar-refractivity contribution in [2.45, 2.75) is 64.1 Å². The summed E-state index contributed by atoms with van der Waals surface area (Å²) in [5, 5.41) is 0. The van der Waals surface area contributed by atoms with Gasteiger partial charge in [-0.2, -0.15) is 0 Å². The Labute approximate surface area is 194 Å². The Hall–Kier alpha value is -2.75. The molecule has 4 heteroatoms. The number of rotatable bonds is 7. The lowest BCUT2D eigenvalue weighted by atomic mass is 9.75. The summed E-state index contributed by atoms with van der Waals surface area (Å²) in [5.41, 5.74) is 4.67. The molecule has 1 aliphatic rings. The summed E-state index contributed by atoms with van der Waals surface area (Å²) in [7, 11) is 0. The largest absolute Gasteiger partial charge is 0.573 e. The normalized spacial score (nSPS) is 18.8. The molecule has 4 rings (SSSR count). The van der Waals surface area contributed by atoms with E-state index in [0.29, 0.717) is 11.5 Å². The highest BCUT2D eigenvalue weighted by Gasteiger charge is 2.34. The van der Waals surface area contributed by atoms with Gasteiger partial charge in [0.1, 0.15) is 5.75 Å². The average molecular weight is 453 g/mol. The van der Waals surface area contributed by atoms with Gasteiger partial charge in [0.2, 0.25) is 0 Å². The van der Waals surface area contributed by atoms with Crippen LogP contribution in [0, 0.1) is 5.92 Å². The van der Waals surface area contributed by atoms with Gasteiger partial charge in [0, 0.05) is 5.56 Å². The van der Waals surface area contributed by atoms with Crippen LogP contribution in [0.25, 0.3) is 22.3 Å². The van der Waals surface area contributed by atoms with Crippen molar-refractivity contribution in [1.82, 2.24) is 0 Å². The van der Waals surface area contributed by atoms with Crippen LogP contribution in [0.2, 0.25) is 0 Å². The van der Waals surface area contributed by atoms with Crippen LogP contribution in [0.4, 0.5) is 13.2 Å². The number of hydrogen-bond acceptors (Lipinski definition) is 1. The second-order valence-corrected chi connectivity index (χ2v) is 9.07. The maximum absolute atomic E-state index is 13.2. The molecule has 0 saturated heterocycles. The van der Waals surface area contributed by atoms with Crippen molar-refractivity contribution in [2.24, 2.45) is 5.92 Å². The van der Waals surface area contributed by atoms with Crippen molar-refractivity contribution in [2.75, 3.05) is 0 Å². The molecule has 0 amide bonds. The highest BCUT2D eigenvalue weighted by molar-refractivity contribution is 5.74. The first-order chi connectivity index (χ1) is 15.9. The molecule has 0 radical (unpaired) electrons. The first kappa shape index (κ1) is 23.4. The number of alkyl halides is 3. The first-order valence-corrected chi connectivity index (χ1v) is 12.0. The van der Waals surface area contributed by atoms with E-state index in [1.807, 2.05) is 48.5 Å². The van der Waals surface area contributed by atoms with Crippen molar-refractivity contribution in [3.8, 4) is 28.0 Å². The Kier molecular flexibility index (Phi) is 7.42. The summed E-state index contributed by atoms with van der Waals surface area (Å²) in [6, 6.07) is 23.2. The van der Waals surface area contributed by atoms with Gasteiger partial charge < -0.3 is 4.74 Å². The molecule has 0 heterocycles. The molecular formula is C29H31F3O. The lowest BCUT2D eigenvalue weighted by Gasteiger charge is -2.31. The van der Waals surface area contributed by atoms with Gasteiger partial charge >= 0.3 is 6.36 Å². The molecule has 3 aromatic carbocycles. The fraction of sp³-hybridized carbons (Fsp3) is 0.379. The van der Waals surface area contributed by atoms with Crippen LogP contribution in [-0.2, 0) is 0 Å². The van der Waals surface area contributed by atoms with E-state index >= 15 is 0 Å². The Morgan fingerprint density at radius 3 is 2.03 bits per heavy atom. The van der Waals surface area contributed by atoms with Crippen molar-refractivity contribution in [3.05, 3.63) is 78.4 Å². The van der Waals surface area contributed by atoms with Crippen LogP contribution < -0.4 is 4.74 Å². The Morgan fingerprint density at radius 1 is 0.758 bits per heavy atom. The van der Waals surface area contributed by atoms with E-state index in [2.05, 4.69) is 23.8 Å². The van der Waals surface area contributed by atoms with Crippen LogP contribution in [0.15, 0.2) is 72.8 Å². The van der Waals surface area contributed by atoms with Crippen LogP contribution in [0.5, 0.6) is 5.75 Å². The third-order valence-electron chi connectivity index (χ3n) is 6.82. The van der Waals surface area contributed by atoms with E-state index in [1.165, 1.54) is 25.3 Å². The van der Waals surface area contributed by atoms with Crippen LogP contribution in [0.1, 0.15) is 63.4 Å². The molecule has 1 fully saturated rings. The van der Waals surface area contributed by atoms with Gasteiger partial charge in [-0.05, 0) is 65.8 Å². The minimum atomic E-state index is -4.71. The molecule has 174 valence electrons. The molecule has 0 N–H and O–H groups in total. The molecular weight excluding hydrogens is 421 g/mol. The summed E-state index contributed by atoms with van der Waals surface area (Å²) in [5.74, 6) is 0.708. The van der Waals surface area contributed by atoms with E-state index < -0.39 is 6.36 Å². The van der Waals surface area contributed by atoms with Crippen LogP contribution in [-0.4, -0.2) is 6.36 Å². The zero-order valence-corrected chi connectivity index (χ0v) is 19.1. The molecule has 0 bridgehead atoms. The number of ether oxygens (including phenoxy) is 1. The lowest BCUT2D eigenvalue weighted by Crippen LogP contribution is -2.20. The van der Waals surface area contributed by atoms with Crippen molar-refractivity contribution < 1.29 is 17.9 Å². The van der Waals surface area contributed by atoms with Crippen molar-refractivity contribution in [1.29, 1.82) is 0 Å². The molecule has 0 spiro atoms. The van der Waals surface area contributed by atoms with Crippen LogP contribution >= 0.6 is 0 Å². The second kappa shape index (κ2) is 10.5. The zero-order chi connectivity index (χ0) is 23.3. The standard InChI is InChI=1S/C29H31F3O/c1-2-3-8-21-13-15-25(16-14-21)28-26(11-7-12-27(28)33-29(30,31)32)24-19-17-23(18-20-24)22-9-5-4-6-10-22/h4-7,9-12,17-21,25H,2-3,8,13-16H2,1H3. The summed E-state index contributed by atoms with van der Waals surface area (Å²) < 4.78 is 44.3. The highest BCUT2D eigenvalue weighted by Crippen LogP contribution is 2.46. The fourth-order valence-electron chi connectivity index (χ4n) is 5.14. The highest BCUT2D eigenvalue weighted by atomic mass is 19.4. The Bertz CT molecular complexity index is 1020. The Balaban J connectivity index is 1.66. The Morgan fingerprint density at radius 2 is 1.39 bits per heavy atom. The molecule has 1 nitrogen and oxygen atoms in total. The third-order valence-corrected chi connectivity index (χ3v) is 6.82. The zero-order valence-electron chi connectivity index (χ0n) is 19.1. The smallest absolute Gasteiger partial charge is 0.405 e. The maximum Gasteiger partial charge on any atom is 0.573 e. The molecule has 0 aliphatic heterocycles. The van der Waals surface area contributed by atoms with Gasteiger partial charge in [0.15, 0.2) is 0 Å². The van der Waals surface area contributed by atoms with E-state index in [-0.39, 0.29) is 11.7 Å². The van der Waals surface area contributed by atoms with E-state index in [1.54, 1.807) is 6.07 Å². The molecule has 33 heavy (non-hydrogen) atoms. The van der Waals surface area contributed by atoms with E-state index in [9.17, 15) is 13.2 Å². The first-order valence-electron chi connectivity index (χ1n) is 12.0. The number of halogens is 3. The van der Waals surface area contributed by atoms with Crippen LogP contribution in [0.3, 0.4) is 0 Å². The van der Waals surface area contributed by atoms with Gasteiger partial charge in [-0.1, -0.05) is 92.9 Å². The van der Waals surface area contributed by atoms with Gasteiger partial charge in [-0.25, -0.2) is 0 Å². The second-order valence-electron chi connectivity index (χ2n) is 9.07. The SMILES string of the molecule is CCCCC1CCC(c2c(OC(F)(F)F)cccc2-c2ccc(-c3ccccc3)cc2)CC1. The van der Waals surface area contributed by atoms with Crippen molar-refractivity contribution >= 4 is 0 Å². The molecule has 1 saturated carbocycles. The summed E-state index contributed by atoms with van der Waals surface area (Å²) in [6.07, 6.45) is 2.87. The molecule has 0 aromatic heterocycles. The summed E-state index contributed by atoms with van der Waals surface area (Å²) >= 11 is 0. The number of unbranched alkanes of at least 4 members (excludes halogenated alkanes) is 1. The molecule has 1 aliphatic carbocycles. The van der Waals surface area contributed by atoms with Gasteiger partial charge in [0.25, 0.3) is 0 Å². The fourth-order valence-corrected chi connectivity index (χ4v) is 5.14. The average Bonchev–Trinajstić information content (AvgIpc) is 2.83. The van der Waals surface area contributed by atoms with E-state index in [4.69, 9.17) is 0 Å². The lowest BCUT2D eigenvalue weighted by molar-refractivity contribution is -0.275. The third kappa shape index (κ3) is 5.98. The minimum absolute atomic E-state index is 0.0517. The molecule has 3 aromatic rings. The molecule has 0 atom stereocenters. The van der Waals surface area contributed by atoms with Gasteiger partial charge in [0.05, 0.1) is 0 Å². The van der Waals surface area contributed by atoms with Gasteiger partial charge in [-0.15, -0.1) is 13.2 Å². The monoisotopic (exact) mass is 452 g/mol. The maximum atomic E-state index is 13.2. The summed E-state index contributed by atoms with van der Waals surface area (Å²) in [6.45, 7) is 2.20. The quantitative estimate of drug-likeness (QED) is 0.347. The van der Waals surface area contributed by atoms with Gasteiger partial charge in [-0.3, -0.25) is 0 Å². The predicted molar refractivity (Wildman–Crippen MR) is 128 cm³/mol. The predicted octanol–water partition coefficient (Wildman–Crippen LogP) is 9.38. The number of hydrogen-bond donors (Lipinski definition) is 0. The molecule has 0 unspecified atom stereocenters.